The number of piperidine rings is 2. The van der Waals surface area contributed by atoms with Crippen LogP contribution in [0.15, 0.2) is 61.2 Å². The number of benzene rings is 2. The third-order valence-corrected chi connectivity index (χ3v) is 16.6. The number of pyridine rings is 2. The van der Waals surface area contributed by atoms with E-state index in [1.165, 1.54) is 0 Å². The number of hydrogen-bond acceptors (Lipinski definition) is 13. The maximum Gasteiger partial charge on any atom is 0.202 e. The van der Waals surface area contributed by atoms with E-state index in [2.05, 4.69) is 63.8 Å². The molecule has 2 fully saturated rings. The summed E-state index contributed by atoms with van der Waals surface area (Å²) in [6.07, 6.45) is 10.8. The Hall–Kier alpha value is -5.63. The lowest BCUT2D eigenvalue weighted by atomic mass is 9.78. The van der Waals surface area contributed by atoms with Crippen LogP contribution in [-0.4, -0.2) is 114 Å². The van der Waals surface area contributed by atoms with Gasteiger partial charge in [0.05, 0.1) is 53.9 Å². The van der Waals surface area contributed by atoms with Crippen LogP contribution in [0.3, 0.4) is 0 Å². The van der Waals surface area contributed by atoms with Gasteiger partial charge in [-0.25, -0.2) is 9.97 Å². The van der Waals surface area contributed by atoms with Crippen molar-refractivity contribution in [3.63, 3.8) is 0 Å². The number of fused-ring (bicyclic) bond motifs is 4. The van der Waals surface area contributed by atoms with Crippen LogP contribution >= 0.6 is 46.4 Å². The van der Waals surface area contributed by atoms with Crippen molar-refractivity contribution in [1.82, 2.24) is 69.9 Å². The Morgan fingerprint density at radius 2 is 1.03 bits per heavy atom. The van der Waals surface area contributed by atoms with Gasteiger partial charge in [-0.15, -0.1) is 0 Å². The molecule has 4 atom stereocenters. The number of nitrogens with zero attached hydrogens (tertiary/aromatic N) is 10. The quantitative estimate of drug-likeness (QED) is 0.0906. The topological polar surface area (TPSA) is 189 Å². The Morgan fingerprint density at radius 1 is 0.611 bits per heavy atom. The highest BCUT2D eigenvalue weighted by Gasteiger charge is 2.62. The summed E-state index contributed by atoms with van der Waals surface area (Å²) >= 11 is 25.9. The van der Waals surface area contributed by atoms with Gasteiger partial charge in [0, 0.05) is 86.0 Å². The molecule has 12 rings (SSSR count). The maximum absolute atomic E-state index is 16.3. The van der Waals surface area contributed by atoms with E-state index in [9.17, 15) is 0 Å². The number of nitrogens with one attached hydrogen (secondary N) is 4. The Kier molecular flexibility index (Phi) is 12.1. The highest BCUT2D eigenvalue weighted by atomic mass is 35.5. The zero-order valence-corrected chi connectivity index (χ0v) is 43.1. The number of aromatic nitrogens is 10. The number of Topliss-reactive ketones (excluding diaryl/α,β-unsaturated/α-hetero) is 1. The van der Waals surface area contributed by atoms with E-state index in [0.29, 0.717) is 91.9 Å². The van der Waals surface area contributed by atoms with E-state index in [1.54, 1.807) is 24.8 Å². The summed E-state index contributed by atoms with van der Waals surface area (Å²) in [7, 11) is 4.25. The van der Waals surface area contributed by atoms with Gasteiger partial charge in [0.25, 0.3) is 0 Å². The first-order valence-electron chi connectivity index (χ1n) is 24.3. The number of imidazole rings is 2. The molecule has 10 heterocycles. The van der Waals surface area contributed by atoms with Crippen molar-refractivity contribution in [3.8, 4) is 34.5 Å². The van der Waals surface area contributed by atoms with Crippen molar-refractivity contribution in [1.29, 1.82) is 0 Å². The summed E-state index contributed by atoms with van der Waals surface area (Å²) in [4.78, 5) is 51.5. The first kappa shape index (κ1) is 47.4. The lowest BCUT2D eigenvalue weighted by molar-refractivity contribution is -0.183. The van der Waals surface area contributed by atoms with Gasteiger partial charge in [-0.3, -0.25) is 44.6 Å². The number of carbonyl (C=O) groups excluding carboxylic acids is 1. The molecule has 6 aromatic heterocycles. The lowest BCUT2D eigenvalue weighted by Crippen LogP contribution is -2.76. The minimum Gasteiger partial charge on any atom is -0.486 e. The fourth-order valence-corrected chi connectivity index (χ4v) is 13.2. The number of ether oxygens (including phenoxy) is 2. The van der Waals surface area contributed by atoms with E-state index in [4.69, 9.17) is 76.0 Å². The van der Waals surface area contributed by atoms with Gasteiger partial charge in [0.2, 0.25) is 5.78 Å². The molecule has 0 amide bonds. The number of likely N-dealkylation sites (N-methyl/N-ethyl adjacent to an activating group) is 2. The molecule has 17 nitrogen and oxygen atoms in total. The van der Waals surface area contributed by atoms with Gasteiger partial charge in [-0.2, -0.15) is 10.2 Å². The average Bonchev–Trinajstić information content (AvgIpc) is 4.22. The SMILES string of the molecule is C[C@@H](Oc1ccc2[nH]nc(-c3nc4c([nH]3)CN([C@]3(C(=O)[C@@]5(N6Cc7nc(-c8n[nH]c9ccc(O[C@H](C)c%10c(Cl)cncc%10Cl)cc89)[nH]c7C6)CCCCN5C)CCCCN3C)C4)c2c1)c1c(Cl)cncc1Cl. The Morgan fingerprint density at radius 3 is 1.42 bits per heavy atom. The molecule has 8 aromatic rings. The van der Waals surface area contributed by atoms with Gasteiger partial charge in [0.15, 0.2) is 11.6 Å². The summed E-state index contributed by atoms with van der Waals surface area (Å²) < 4.78 is 12.7. The van der Waals surface area contributed by atoms with Crippen LogP contribution in [-0.2, 0) is 31.0 Å². The monoisotopic (exact) mass is 1050 g/mol. The fourth-order valence-electron chi connectivity index (χ4n) is 11.8. The van der Waals surface area contributed by atoms with Gasteiger partial charge in [-0.05, 0) is 103 Å². The summed E-state index contributed by atoms with van der Waals surface area (Å²) in [6, 6.07) is 11.6. The molecule has 4 aliphatic heterocycles. The van der Waals surface area contributed by atoms with Crippen molar-refractivity contribution in [2.75, 3.05) is 27.2 Å². The summed E-state index contributed by atoms with van der Waals surface area (Å²) in [6.45, 7) is 7.55. The van der Waals surface area contributed by atoms with Gasteiger partial charge in [0.1, 0.15) is 46.4 Å². The van der Waals surface area contributed by atoms with E-state index in [1.807, 2.05) is 50.2 Å². The van der Waals surface area contributed by atoms with Crippen molar-refractivity contribution in [2.24, 2.45) is 0 Å². The Bertz CT molecular complexity index is 3100. The smallest absolute Gasteiger partial charge is 0.202 e. The van der Waals surface area contributed by atoms with E-state index in [-0.39, 0.29) is 5.78 Å². The van der Waals surface area contributed by atoms with Crippen LogP contribution in [0.1, 0.15) is 98.5 Å². The third kappa shape index (κ3) is 7.77. The molecule has 0 aliphatic carbocycles. The molecule has 2 saturated heterocycles. The molecule has 72 heavy (non-hydrogen) atoms. The molecule has 0 unspecified atom stereocenters. The van der Waals surface area contributed by atoms with Crippen LogP contribution < -0.4 is 9.47 Å². The number of rotatable bonds is 12. The minimum atomic E-state index is -0.873. The molecule has 0 spiro atoms. The number of carbonyl (C=O) groups is 1. The van der Waals surface area contributed by atoms with E-state index < -0.39 is 23.5 Å². The zero-order chi connectivity index (χ0) is 49.6. The number of H-pyrrole nitrogens is 4. The number of likely N-dealkylation sites (tertiary alicyclic amines) is 2. The van der Waals surface area contributed by atoms with Gasteiger partial charge in [-0.1, -0.05) is 46.4 Å². The van der Waals surface area contributed by atoms with Crippen molar-refractivity contribution < 1.29 is 14.3 Å². The Balaban J connectivity index is 0.802. The summed E-state index contributed by atoms with van der Waals surface area (Å²) in [5.74, 6) is 2.80. The molecule has 4 N–H and O–H groups in total. The molecular formula is C51H52Cl4N14O3. The zero-order valence-electron chi connectivity index (χ0n) is 40.1. The molecule has 372 valence electrons. The second-order valence-corrected chi connectivity index (χ2v) is 21.2. The summed E-state index contributed by atoms with van der Waals surface area (Å²) in [5.41, 5.74) is 6.44. The fraction of sp³-hybridized carbons (Fsp3) is 0.392. The average molecular weight is 1050 g/mol. The molecular weight excluding hydrogens is 998 g/mol. The standard InChI is InChI=1S/C51H52Cl4N14O3/c1-27(43-33(52)19-56-20-34(43)53)71-29-9-11-37-31(17-29)45(64-62-37)47-58-39-23-68(24-40(39)59-47)50(13-5-7-15-66(50)3)49(70)51(14-6-8-16-67(51)4)69-25-41-42(26-69)61-48(60-41)46-32-18-30(10-12-38(32)63-65-46)72-28(2)44-35(54)21-57-22-36(44)55/h9-12,17-22,27-28H,5-8,13-16,23-26H2,1-4H3,(H,58,59)(H,60,61)(H,62,64)(H,63,65)/t27-,28-,50+,51+/m1/s1. The number of halogens is 4. The number of hydrogen-bond donors (Lipinski definition) is 4. The maximum atomic E-state index is 16.3. The number of aromatic amines is 4. The minimum absolute atomic E-state index is 0.221. The third-order valence-electron chi connectivity index (χ3n) is 15.4. The van der Waals surface area contributed by atoms with Crippen LogP contribution in [0.25, 0.3) is 44.8 Å². The highest BCUT2D eigenvalue weighted by molar-refractivity contribution is 6.36. The molecule has 4 aliphatic rings. The van der Waals surface area contributed by atoms with Crippen molar-refractivity contribution in [3.05, 3.63) is 115 Å². The predicted octanol–water partition coefficient (Wildman–Crippen LogP) is 10.4. The predicted molar refractivity (Wildman–Crippen MR) is 276 cm³/mol. The van der Waals surface area contributed by atoms with Gasteiger partial charge < -0.3 is 19.4 Å². The molecule has 0 bridgehead atoms. The molecule has 21 heteroatoms. The first-order chi connectivity index (χ1) is 34.8. The Labute approximate surface area is 434 Å². The highest BCUT2D eigenvalue weighted by Crippen LogP contribution is 2.47. The largest absolute Gasteiger partial charge is 0.486 e. The van der Waals surface area contributed by atoms with Crippen LogP contribution in [0.2, 0.25) is 20.1 Å². The summed E-state index contributed by atoms with van der Waals surface area (Å²) in [5, 5.41) is 19.2. The van der Waals surface area contributed by atoms with Gasteiger partial charge >= 0.3 is 0 Å². The lowest BCUT2D eigenvalue weighted by Gasteiger charge is -2.58. The normalized spacial score (nSPS) is 21.9. The van der Waals surface area contributed by atoms with E-state index in [0.717, 1.165) is 96.2 Å². The van der Waals surface area contributed by atoms with Crippen LogP contribution in [0, 0.1) is 0 Å². The van der Waals surface area contributed by atoms with Crippen LogP contribution in [0.5, 0.6) is 11.5 Å². The van der Waals surface area contributed by atoms with Crippen LogP contribution in [0.4, 0.5) is 0 Å². The van der Waals surface area contributed by atoms with Crippen molar-refractivity contribution >= 4 is 74.0 Å². The first-order valence-corrected chi connectivity index (χ1v) is 25.8. The van der Waals surface area contributed by atoms with Crippen molar-refractivity contribution in [2.45, 2.75) is 102 Å². The van der Waals surface area contributed by atoms with E-state index >= 15 is 4.79 Å². The molecule has 2 aromatic carbocycles. The second-order valence-electron chi connectivity index (χ2n) is 19.6. The second kappa shape index (κ2) is 18.4. The molecule has 0 saturated carbocycles. The number of ketones is 1. The molecule has 0 radical (unpaired) electrons.